The van der Waals surface area contributed by atoms with Crippen molar-refractivity contribution in [1.29, 1.82) is 0 Å². The second kappa shape index (κ2) is 9.51. The third kappa shape index (κ3) is 5.53. The van der Waals surface area contributed by atoms with Crippen LogP contribution in [0.3, 0.4) is 0 Å². The minimum Gasteiger partial charge on any atom is -0.378 e. The molecule has 1 aromatic heterocycles. The number of likely N-dealkylation sites (tertiary alicyclic amines) is 1. The molecule has 1 fully saturated rings. The number of nitrogens with zero attached hydrogens (tertiary/aromatic N) is 3. The van der Waals surface area contributed by atoms with E-state index in [9.17, 15) is 0 Å². The smallest absolute Gasteiger partial charge is 0.191 e. The van der Waals surface area contributed by atoms with Crippen LogP contribution in [0.2, 0.25) is 0 Å². The highest BCUT2D eigenvalue weighted by Gasteiger charge is 2.10. The predicted molar refractivity (Wildman–Crippen MR) is 93.6 cm³/mol. The highest BCUT2D eigenvalue weighted by molar-refractivity contribution is 14.0. The van der Waals surface area contributed by atoms with Gasteiger partial charge in [-0.1, -0.05) is 12.8 Å². The Balaban J connectivity index is 0.00000200. The lowest BCUT2D eigenvalue weighted by molar-refractivity contribution is 0.184. The monoisotopic (exact) mass is 410 g/mol. The molecule has 2 N–H and O–H groups in total. The summed E-state index contributed by atoms with van der Waals surface area (Å²) in [4.78, 5) is 11.1. The molecule has 20 heavy (non-hydrogen) atoms. The number of halogens is 1. The maximum atomic E-state index is 6.06. The van der Waals surface area contributed by atoms with E-state index in [1.54, 1.807) is 18.4 Å². The molecule has 0 spiro atoms. The summed E-state index contributed by atoms with van der Waals surface area (Å²) in [6.07, 6.45) is 5.03. The molecule has 2 heterocycles. The molecule has 1 aromatic rings. The summed E-state index contributed by atoms with van der Waals surface area (Å²) in [5.41, 5.74) is 7.03. The zero-order chi connectivity index (χ0) is 13.5. The summed E-state index contributed by atoms with van der Waals surface area (Å²) in [6, 6.07) is 0. The highest BCUT2D eigenvalue weighted by atomic mass is 127. The van der Waals surface area contributed by atoms with Gasteiger partial charge in [0.2, 0.25) is 0 Å². The van der Waals surface area contributed by atoms with Gasteiger partial charge in [0.25, 0.3) is 0 Å². The summed E-state index contributed by atoms with van der Waals surface area (Å²) in [5.74, 6) is 0.656. The molecule has 1 aliphatic heterocycles. The minimum atomic E-state index is 0. The Bertz CT molecular complexity index is 416. The number of aliphatic imine (C=N–C) groups is 1. The Morgan fingerprint density at radius 2 is 2.10 bits per heavy atom. The van der Waals surface area contributed by atoms with Crippen LogP contribution in [0.5, 0.6) is 0 Å². The average molecular weight is 410 g/mol. The zero-order valence-electron chi connectivity index (χ0n) is 11.9. The number of guanidine groups is 1. The van der Waals surface area contributed by atoms with E-state index in [2.05, 4.69) is 14.9 Å². The second-order valence-corrected chi connectivity index (χ2v) is 5.68. The molecule has 0 atom stereocenters. The number of rotatable bonds is 4. The fraction of sp³-hybridized carbons (Fsp3) is 0.692. The number of methoxy groups -OCH3 is 1. The molecular formula is C13H23IN4OS. The van der Waals surface area contributed by atoms with Crippen molar-refractivity contribution in [2.75, 3.05) is 20.2 Å². The number of nitrogens with two attached hydrogens (primary N) is 1. The number of thiazole rings is 1. The lowest BCUT2D eigenvalue weighted by Gasteiger charge is -2.20. The third-order valence-electron chi connectivity index (χ3n) is 3.20. The van der Waals surface area contributed by atoms with Gasteiger partial charge in [-0.2, -0.15) is 0 Å². The molecule has 114 valence electrons. The summed E-state index contributed by atoms with van der Waals surface area (Å²) in [6.45, 7) is 3.18. The average Bonchev–Trinajstić information content (AvgIpc) is 2.69. The lowest BCUT2D eigenvalue weighted by atomic mass is 10.2. The first-order valence-electron chi connectivity index (χ1n) is 6.76. The Morgan fingerprint density at radius 3 is 2.75 bits per heavy atom. The largest absolute Gasteiger partial charge is 0.378 e. The molecule has 0 aromatic carbocycles. The van der Waals surface area contributed by atoms with Crippen LogP contribution in [0.25, 0.3) is 0 Å². The molecule has 0 amide bonds. The first kappa shape index (κ1) is 17.6. The maximum Gasteiger partial charge on any atom is 0.191 e. The number of hydrogen-bond acceptors (Lipinski definition) is 4. The second-order valence-electron chi connectivity index (χ2n) is 4.74. The van der Waals surface area contributed by atoms with Gasteiger partial charge in [0, 0.05) is 25.6 Å². The third-order valence-corrected chi connectivity index (χ3v) is 4.07. The van der Waals surface area contributed by atoms with Crippen LogP contribution in [0.4, 0.5) is 0 Å². The fourth-order valence-corrected chi connectivity index (χ4v) is 2.93. The molecule has 0 unspecified atom stereocenters. The number of hydrogen-bond donors (Lipinski definition) is 1. The van der Waals surface area contributed by atoms with Crippen molar-refractivity contribution in [1.82, 2.24) is 9.88 Å². The van der Waals surface area contributed by atoms with Crippen molar-refractivity contribution < 1.29 is 4.74 Å². The van der Waals surface area contributed by atoms with Gasteiger partial charge in [0.1, 0.15) is 5.01 Å². The van der Waals surface area contributed by atoms with E-state index < -0.39 is 0 Å². The van der Waals surface area contributed by atoms with Gasteiger partial charge in [-0.15, -0.1) is 35.3 Å². The Kier molecular flexibility index (Phi) is 8.39. The van der Waals surface area contributed by atoms with E-state index >= 15 is 0 Å². The van der Waals surface area contributed by atoms with Gasteiger partial charge in [0.15, 0.2) is 5.96 Å². The van der Waals surface area contributed by atoms with Crippen LogP contribution in [-0.2, 0) is 17.9 Å². The standard InChI is InChI=1S/C13H22N4OS.HI/c1-18-9-12-16-11(10-19-12)8-15-13(14)17-6-4-2-3-5-7-17;/h10H,2-9H2,1H3,(H2,14,15);1H. The Hall–Kier alpha value is -0.410. The molecule has 7 heteroatoms. The predicted octanol–water partition coefficient (Wildman–Crippen LogP) is 2.60. The molecule has 2 rings (SSSR count). The van der Waals surface area contributed by atoms with Crippen LogP contribution in [-0.4, -0.2) is 36.0 Å². The quantitative estimate of drug-likeness (QED) is 0.471. The topological polar surface area (TPSA) is 63.7 Å². The van der Waals surface area contributed by atoms with Crippen molar-refractivity contribution >= 4 is 41.3 Å². The molecule has 0 aliphatic carbocycles. The summed E-state index contributed by atoms with van der Waals surface area (Å²) in [5, 5.41) is 3.01. The normalized spacial score (nSPS) is 16.6. The Morgan fingerprint density at radius 1 is 1.40 bits per heavy atom. The van der Waals surface area contributed by atoms with Crippen molar-refractivity contribution in [2.24, 2.45) is 10.7 Å². The number of ether oxygens (including phenoxy) is 1. The van der Waals surface area contributed by atoms with Crippen LogP contribution >= 0.6 is 35.3 Å². The molecule has 5 nitrogen and oxygen atoms in total. The van der Waals surface area contributed by atoms with E-state index in [0.29, 0.717) is 19.1 Å². The SMILES string of the molecule is COCc1nc(CN=C(N)N2CCCCCC2)cs1.I. The minimum absolute atomic E-state index is 0. The van der Waals surface area contributed by atoms with Crippen molar-refractivity contribution in [3.05, 3.63) is 16.1 Å². The maximum absolute atomic E-state index is 6.06. The first-order chi connectivity index (χ1) is 9.29. The number of aromatic nitrogens is 1. The van der Waals surface area contributed by atoms with E-state index in [1.165, 1.54) is 25.7 Å². The van der Waals surface area contributed by atoms with E-state index in [0.717, 1.165) is 23.8 Å². The van der Waals surface area contributed by atoms with Gasteiger partial charge in [0.05, 0.1) is 18.8 Å². The van der Waals surface area contributed by atoms with Crippen LogP contribution in [0.1, 0.15) is 36.4 Å². The van der Waals surface area contributed by atoms with E-state index in [-0.39, 0.29) is 24.0 Å². The van der Waals surface area contributed by atoms with E-state index in [1.807, 2.05) is 5.38 Å². The van der Waals surface area contributed by atoms with Crippen LogP contribution in [0.15, 0.2) is 10.4 Å². The molecule has 0 saturated carbocycles. The van der Waals surface area contributed by atoms with Gasteiger partial charge in [-0.25, -0.2) is 9.98 Å². The first-order valence-corrected chi connectivity index (χ1v) is 7.64. The van der Waals surface area contributed by atoms with Gasteiger partial charge in [-0.05, 0) is 12.8 Å². The summed E-state index contributed by atoms with van der Waals surface area (Å²) < 4.78 is 5.06. The molecule has 1 aliphatic rings. The zero-order valence-corrected chi connectivity index (χ0v) is 15.0. The summed E-state index contributed by atoms with van der Waals surface area (Å²) in [7, 11) is 1.68. The highest BCUT2D eigenvalue weighted by Crippen LogP contribution is 2.12. The lowest BCUT2D eigenvalue weighted by Crippen LogP contribution is -2.38. The Labute approximate surface area is 141 Å². The van der Waals surface area contributed by atoms with Gasteiger partial charge < -0.3 is 15.4 Å². The molecule has 0 bridgehead atoms. The molecule has 0 radical (unpaired) electrons. The van der Waals surface area contributed by atoms with Crippen molar-refractivity contribution in [3.8, 4) is 0 Å². The molecular weight excluding hydrogens is 387 g/mol. The van der Waals surface area contributed by atoms with E-state index in [4.69, 9.17) is 10.5 Å². The van der Waals surface area contributed by atoms with Crippen LogP contribution in [0, 0.1) is 0 Å². The van der Waals surface area contributed by atoms with Crippen molar-refractivity contribution in [2.45, 2.75) is 38.8 Å². The van der Waals surface area contributed by atoms with Crippen molar-refractivity contribution in [3.63, 3.8) is 0 Å². The summed E-state index contributed by atoms with van der Waals surface area (Å²) >= 11 is 1.60. The molecule has 1 saturated heterocycles. The van der Waals surface area contributed by atoms with Crippen LogP contribution < -0.4 is 5.73 Å². The van der Waals surface area contributed by atoms with Gasteiger partial charge in [-0.3, -0.25) is 0 Å². The fourth-order valence-electron chi connectivity index (χ4n) is 2.17. The van der Waals surface area contributed by atoms with Gasteiger partial charge >= 0.3 is 0 Å².